The third kappa shape index (κ3) is 3.16. The normalized spacial score (nSPS) is 20.3. The Hall–Kier alpha value is -0.770. The lowest BCUT2D eigenvalue weighted by Gasteiger charge is -2.25. The van der Waals surface area contributed by atoms with Crippen LogP contribution in [0.3, 0.4) is 0 Å². The van der Waals surface area contributed by atoms with E-state index in [0.29, 0.717) is 6.04 Å². The molecule has 1 aromatic rings. The number of hydrogen-bond acceptors (Lipinski definition) is 3. The molecule has 0 amide bonds. The molecule has 1 heterocycles. The molecule has 18 heavy (non-hydrogen) atoms. The molecule has 1 fully saturated rings. The summed E-state index contributed by atoms with van der Waals surface area (Å²) in [7, 11) is 3.72. The Kier molecular flexibility index (Phi) is 4.87. The van der Waals surface area contributed by atoms with Crippen LogP contribution >= 0.6 is 11.6 Å². The molecule has 0 saturated carbocycles. The predicted octanol–water partition coefficient (Wildman–Crippen LogP) is 2.53. The van der Waals surface area contributed by atoms with Gasteiger partial charge in [-0.05, 0) is 44.6 Å². The van der Waals surface area contributed by atoms with E-state index < -0.39 is 0 Å². The molecule has 2 rings (SSSR count). The van der Waals surface area contributed by atoms with Gasteiger partial charge in [-0.15, -0.1) is 0 Å². The van der Waals surface area contributed by atoms with E-state index in [9.17, 15) is 0 Å². The summed E-state index contributed by atoms with van der Waals surface area (Å²) in [5, 5.41) is 4.04. The van der Waals surface area contributed by atoms with Crippen molar-refractivity contribution < 1.29 is 4.74 Å². The van der Waals surface area contributed by atoms with Crippen molar-refractivity contribution in [1.82, 2.24) is 10.2 Å². The van der Waals surface area contributed by atoms with Gasteiger partial charge in [-0.25, -0.2) is 0 Å². The number of nitrogens with one attached hydrogen (secondary N) is 1. The molecule has 1 aliphatic heterocycles. The second kappa shape index (κ2) is 6.41. The number of likely N-dealkylation sites (N-methyl/N-ethyl adjacent to an activating group) is 1. The van der Waals surface area contributed by atoms with Crippen LogP contribution in [0.5, 0.6) is 5.75 Å². The van der Waals surface area contributed by atoms with Crippen molar-refractivity contribution >= 4 is 11.6 Å². The Morgan fingerprint density at radius 3 is 3.06 bits per heavy atom. The second-order valence-electron chi connectivity index (χ2n) is 4.78. The maximum Gasteiger partial charge on any atom is 0.123 e. The number of ether oxygens (including phenoxy) is 1. The summed E-state index contributed by atoms with van der Waals surface area (Å²) in [6.45, 7) is 3.11. The van der Waals surface area contributed by atoms with E-state index in [1.54, 1.807) is 7.11 Å². The molecule has 4 heteroatoms. The Labute approximate surface area is 114 Å². The fraction of sp³-hybridized carbons (Fsp3) is 0.571. The van der Waals surface area contributed by atoms with Crippen LogP contribution < -0.4 is 10.1 Å². The number of likely N-dealkylation sites (tertiary alicyclic amines) is 1. The zero-order valence-corrected chi connectivity index (χ0v) is 11.8. The summed E-state index contributed by atoms with van der Waals surface area (Å²) >= 11 is 6.07. The zero-order chi connectivity index (χ0) is 13.0. The lowest BCUT2D eigenvalue weighted by atomic mass is 10.1. The number of halogens is 1. The van der Waals surface area contributed by atoms with Gasteiger partial charge in [0.1, 0.15) is 5.75 Å². The summed E-state index contributed by atoms with van der Waals surface area (Å²) in [5.41, 5.74) is 1.17. The number of rotatable bonds is 5. The molecule has 1 N–H and O–H groups in total. The van der Waals surface area contributed by atoms with Crippen LogP contribution in [-0.2, 0) is 6.54 Å². The fourth-order valence-corrected chi connectivity index (χ4v) is 2.85. The first-order valence-corrected chi connectivity index (χ1v) is 6.83. The highest BCUT2D eigenvalue weighted by Gasteiger charge is 2.24. The maximum absolute atomic E-state index is 6.07. The van der Waals surface area contributed by atoms with Crippen LogP contribution in [0.15, 0.2) is 18.2 Å². The average molecular weight is 269 g/mol. The van der Waals surface area contributed by atoms with Gasteiger partial charge in [-0.2, -0.15) is 0 Å². The lowest BCUT2D eigenvalue weighted by molar-refractivity contribution is 0.239. The standard InChI is InChI=1S/C14H21ClN2O/c1-16-9-13-4-3-7-17(13)10-11-8-12(15)5-6-14(11)18-2/h5-6,8,13,16H,3-4,7,9-10H2,1-2H3. The van der Waals surface area contributed by atoms with Crippen LogP contribution in [0.4, 0.5) is 0 Å². The van der Waals surface area contributed by atoms with Crippen molar-refractivity contribution in [1.29, 1.82) is 0 Å². The topological polar surface area (TPSA) is 24.5 Å². The first kappa shape index (κ1) is 13.7. The van der Waals surface area contributed by atoms with Gasteiger partial charge in [-0.3, -0.25) is 4.90 Å². The van der Waals surface area contributed by atoms with E-state index in [1.807, 2.05) is 25.2 Å². The molecule has 0 aromatic heterocycles. The van der Waals surface area contributed by atoms with Crippen molar-refractivity contribution in [2.45, 2.75) is 25.4 Å². The van der Waals surface area contributed by atoms with Crippen molar-refractivity contribution in [3.63, 3.8) is 0 Å². The van der Waals surface area contributed by atoms with Gasteiger partial charge >= 0.3 is 0 Å². The largest absolute Gasteiger partial charge is 0.496 e. The molecule has 0 bridgehead atoms. The minimum absolute atomic E-state index is 0.624. The van der Waals surface area contributed by atoms with Gasteiger partial charge < -0.3 is 10.1 Å². The number of benzene rings is 1. The van der Waals surface area contributed by atoms with Crippen molar-refractivity contribution in [2.24, 2.45) is 0 Å². The highest BCUT2D eigenvalue weighted by Crippen LogP contribution is 2.27. The zero-order valence-electron chi connectivity index (χ0n) is 11.1. The highest BCUT2D eigenvalue weighted by atomic mass is 35.5. The Morgan fingerprint density at radius 1 is 1.50 bits per heavy atom. The highest BCUT2D eigenvalue weighted by molar-refractivity contribution is 6.30. The van der Waals surface area contributed by atoms with Gasteiger partial charge in [0.2, 0.25) is 0 Å². The minimum Gasteiger partial charge on any atom is -0.496 e. The molecule has 0 aliphatic carbocycles. The van der Waals surface area contributed by atoms with Gasteiger partial charge in [0.25, 0.3) is 0 Å². The Morgan fingerprint density at radius 2 is 2.33 bits per heavy atom. The van der Waals surface area contributed by atoms with Crippen LogP contribution in [0.2, 0.25) is 5.02 Å². The first-order chi connectivity index (χ1) is 8.74. The quantitative estimate of drug-likeness (QED) is 0.888. The fourth-order valence-electron chi connectivity index (χ4n) is 2.66. The third-order valence-electron chi connectivity index (χ3n) is 3.55. The van der Waals surface area contributed by atoms with Gasteiger partial charge in [-0.1, -0.05) is 11.6 Å². The average Bonchev–Trinajstić information content (AvgIpc) is 2.78. The number of hydrogen-bond donors (Lipinski definition) is 1. The van der Waals surface area contributed by atoms with Crippen molar-refractivity contribution in [2.75, 3.05) is 27.2 Å². The molecule has 100 valence electrons. The first-order valence-electron chi connectivity index (χ1n) is 6.45. The van der Waals surface area contributed by atoms with Gasteiger partial charge in [0.05, 0.1) is 7.11 Å². The van der Waals surface area contributed by atoms with E-state index >= 15 is 0 Å². The molecule has 1 unspecified atom stereocenters. The summed E-state index contributed by atoms with van der Waals surface area (Å²) in [5.74, 6) is 0.925. The number of methoxy groups -OCH3 is 1. The molecular weight excluding hydrogens is 248 g/mol. The summed E-state index contributed by atoms with van der Waals surface area (Å²) in [6.07, 6.45) is 2.54. The predicted molar refractivity (Wildman–Crippen MR) is 75.4 cm³/mol. The molecule has 0 radical (unpaired) electrons. The molecule has 1 saturated heterocycles. The molecule has 0 spiro atoms. The van der Waals surface area contributed by atoms with Crippen molar-refractivity contribution in [3.05, 3.63) is 28.8 Å². The summed E-state index contributed by atoms with van der Waals surface area (Å²) in [6, 6.07) is 6.45. The van der Waals surface area contributed by atoms with E-state index in [1.165, 1.54) is 18.4 Å². The Balaban J connectivity index is 2.10. The van der Waals surface area contributed by atoms with Crippen LogP contribution in [-0.4, -0.2) is 38.2 Å². The van der Waals surface area contributed by atoms with Gasteiger partial charge in [0, 0.05) is 29.7 Å². The van der Waals surface area contributed by atoms with E-state index in [-0.39, 0.29) is 0 Å². The van der Waals surface area contributed by atoms with E-state index in [2.05, 4.69) is 10.2 Å². The lowest BCUT2D eigenvalue weighted by Crippen LogP contribution is -2.36. The van der Waals surface area contributed by atoms with E-state index in [4.69, 9.17) is 16.3 Å². The van der Waals surface area contributed by atoms with Crippen LogP contribution in [0, 0.1) is 0 Å². The summed E-state index contributed by atoms with van der Waals surface area (Å²) < 4.78 is 5.40. The smallest absolute Gasteiger partial charge is 0.123 e. The van der Waals surface area contributed by atoms with Gasteiger partial charge in [0.15, 0.2) is 0 Å². The summed E-state index contributed by atoms with van der Waals surface area (Å²) in [4.78, 5) is 2.50. The van der Waals surface area contributed by atoms with E-state index in [0.717, 1.165) is 30.4 Å². The SMILES string of the molecule is CNCC1CCCN1Cc1cc(Cl)ccc1OC. The molecule has 1 aliphatic rings. The third-order valence-corrected chi connectivity index (χ3v) is 3.79. The molecule has 3 nitrogen and oxygen atoms in total. The Bertz CT molecular complexity index is 397. The van der Waals surface area contributed by atoms with Crippen LogP contribution in [0.25, 0.3) is 0 Å². The minimum atomic E-state index is 0.624. The second-order valence-corrected chi connectivity index (χ2v) is 5.22. The molecule has 1 atom stereocenters. The van der Waals surface area contributed by atoms with Crippen molar-refractivity contribution in [3.8, 4) is 5.75 Å². The monoisotopic (exact) mass is 268 g/mol. The maximum atomic E-state index is 6.07. The van der Waals surface area contributed by atoms with Crippen LogP contribution in [0.1, 0.15) is 18.4 Å². The number of nitrogens with zero attached hydrogens (tertiary/aromatic N) is 1. The molecule has 1 aromatic carbocycles. The molecular formula is C14H21ClN2O.